The van der Waals surface area contributed by atoms with E-state index >= 15 is 0 Å². The summed E-state index contributed by atoms with van der Waals surface area (Å²) in [6.07, 6.45) is 1.47. The monoisotopic (exact) mass is 280 g/mol. The fourth-order valence-corrected chi connectivity index (χ4v) is 2.66. The normalized spacial score (nSPS) is 10.9. The van der Waals surface area contributed by atoms with E-state index in [0.717, 1.165) is 22.9 Å². The largest absolute Gasteiger partial charge is 0.475 e. The fourth-order valence-electron chi connectivity index (χ4n) is 2.66. The smallest absolute Gasteiger partial charge is 0.372 e. The molecule has 0 atom stereocenters. The Morgan fingerprint density at radius 3 is 2.52 bits per heavy atom. The van der Waals surface area contributed by atoms with Crippen LogP contribution < -0.4 is 0 Å². The van der Waals surface area contributed by atoms with Gasteiger partial charge in [-0.05, 0) is 36.1 Å². The van der Waals surface area contributed by atoms with Crippen LogP contribution >= 0.6 is 0 Å². The van der Waals surface area contributed by atoms with E-state index in [1.807, 2.05) is 43.3 Å². The molecule has 0 fully saturated rings. The first kappa shape index (κ1) is 13.4. The van der Waals surface area contributed by atoms with E-state index in [2.05, 4.69) is 12.1 Å². The minimum absolute atomic E-state index is 0.0596. The summed E-state index contributed by atoms with van der Waals surface area (Å²) in [6, 6.07) is 16.1. The molecule has 1 heterocycles. The van der Waals surface area contributed by atoms with E-state index < -0.39 is 5.97 Å². The van der Waals surface area contributed by atoms with Gasteiger partial charge in [0.2, 0.25) is 5.76 Å². The summed E-state index contributed by atoms with van der Waals surface area (Å²) in [4.78, 5) is 11.2. The van der Waals surface area contributed by atoms with Crippen LogP contribution in [-0.2, 0) is 12.8 Å². The van der Waals surface area contributed by atoms with Gasteiger partial charge < -0.3 is 9.52 Å². The number of furan rings is 1. The van der Waals surface area contributed by atoms with Gasteiger partial charge in [-0.1, -0.05) is 43.3 Å². The van der Waals surface area contributed by atoms with Gasteiger partial charge in [-0.25, -0.2) is 4.79 Å². The zero-order chi connectivity index (χ0) is 14.8. The van der Waals surface area contributed by atoms with Crippen molar-refractivity contribution in [3.8, 4) is 0 Å². The molecular weight excluding hydrogens is 264 g/mol. The zero-order valence-corrected chi connectivity index (χ0v) is 11.8. The van der Waals surface area contributed by atoms with E-state index in [1.165, 1.54) is 5.56 Å². The molecule has 3 rings (SSSR count). The van der Waals surface area contributed by atoms with Crippen LogP contribution in [0.4, 0.5) is 0 Å². The molecule has 0 amide bonds. The van der Waals surface area contributed by atoms with Crippen molar-refractivity contribution in [1.29, 1.82) is 0 Å². The Balaban J connectivity index is 2.05. The molecule has 0 radical (unpaired) electrons. The molecular formula is C18H16O3. The van der Waals surface area contributed by atoms with Gasteiger partial charge in [0, 0.05) is 10.9 Å². The van der Waals surface area contributed by atoms with Gasteiger partial charge in [0.05, 0.1) is 0 Å². The number of rotatable bonds is 4. The highest BCUT2D eigenvalue weighted by molar-refractivity contribution is 5.95. The van der Waals surface area contributed by atoms with Crippen molar-refractivity contribution in [3.05, 3.63) is 71.0 Å². The maximum Gasteiger partial charge on any atom is 0.372 e. The summed E-state index contributed by atoms with van der Waals surface area (Å²) in [5.41, 5.74) is 3.80. The van der Waals surface area contributed by atoms with Crippen molar-refractivity contribution >= 4 is 16.9 Å². The molecule has 0 aliphatic rings. The Bertz CT molecular complexity index is 785. The number of aromatic carboxylic acids is 1. The zero-order valence-electron chi connectivity index (χ0n) is 11.8. The lowest BCUT2D eigenvalue weighted by atomic mass is 10.0. The average molecular weight is 280 g/mol. The lowest BCUT2D eigenvalue weighted by molar-refractivity contribution is 0.0663. The average Bonchev–Trinajstić information content (AvgIpc) is 2.86. The molecule has 2 aromatic carbocycles. The van der Waals surface area contributed by atoms with Crippen LogP contribution in [0.25, 0.3) is 11.0 Å². The summed E-state index contributed by atoms with van der Waals surface area (Å²) in [7, 11) is 0. The molecule has 0 aliphatic heterocycles. The number of hydrogen-bond acceptors (Lipinski definition) is 2. The number of carboxylic acids is 1. The molecule has 3 heteroatoms. The highest BCUT2D eigenvalue weighted by Gasteiger charge is 2.18. The first-order valence-corrected chi connectivity index (χ1v) is 7.00. The molecule has 0 aliphatic carbocycles. The highest BCUT2D eigenvalue weighted by atomic mass is 16.4. The first-order chi connectivity index (χ1) is 10.2. The maximum atomic E-state index is 11.2. The van der Waals surface area contributed by atoms with Gasteiger partial charge in [0.15, 0.2) is 0 Å². The van der Waals surface area contributed by atoms with Crippen molar-refractivity contribution in [2.75, 3.05) is 0 Å². The van der Waals surface area contributed by atoms with Crippen LogP contribution in [0.3, 0.4) is 0 Å². The van der Waals surface area contributed by atoms with Gasteiger partial charge in [0.25, 0.3) is 0 Å². The third kappa shape index (κ3) is 2.55. The molecule has 0 saturated heterocycles. The topological polar surface area (TPSA) is 50.4 Å². The van der Waals surface area contributed by atoms with Crippen LogP contribution in [0.5, 0.6) is 0 Å². The van der Waals surface area contributed by atoms with Crippen LogP contribution in [0.1, 0.15) is 34.2 Å². The molecule has 21 heavy (non-hydrogen) atoms. The highest BCUT2D eigenvalue weighted by Crippen LogP contribution is 2.28. The molecule has 106 valence electrons. The van der Waals surface area contributed by atoms with Crippen LogP contribution in [0.15, 0.2) is 52.9 Å². The number of carboxylic acid groups (broad SMARTS) is 1. The molecule has 0 bridgehead atoms. The molecule has 1 N–H and O–H groups in total. The Labute approximate surface area is 122 Å². The third-order valence-corrected chi connectivity index (χ3v) is 3.65. The van der Waals surface area contributed by atoms with Gasteiger partial charge >= 0.3 is 5.97 Å². The standard InChI is InChI=1S/C18H16O3/c1-2-14-15-11-13(10-12-6-4-3-5-7-12)8-9-16(15)21-17(14)18(19)20/h3-9,11H,2,10H2,1H3,(H,19,20). The van der Waals surface area contributed by atoms with Gasteiger partial charge in [-0.15, -0.1) is 0 Å². The summed E-state index contributed by atoms with van der Waals surface area (Å²) in [5.74, 6) is -0.947. The van der Waals surface area contributed by atoms with Crippen molar-refractivity contribution < 1.29 is 14.3 Å². The van der Waals surface area contributed by atoms with Crippen LogP contribution in [0.2, 0.25) is 0 Å². The fraction of sp³-hybridized carbons (Fsp3) is 0.167. The lowest BCUT2D eigenvalue weighted by Crippen LogP contribution is -1.97. The summed E-state index contributed by atoms with van der Waals surface area (Å²) in [5, 5.41) is 10.1. The van der Waals surface area contributed by atoms with Gasteiger partial charge in [0.1, 0.15) is 5.58 Å². The predicted molar refractivity (Wildman–Crippen MR) is 81.8 cm³/mol. The summed E-state index contributed by atoms with van der Waals surface area (Å²) < 4.78 is 5.46. The Kier molecular flexibility index (Phi) is 3.48. The summed E-state index contributed by atoms with van der Waals surface area (Å²) in [6.45, 7) is 1.95. The lowest BCUT2D eigenvalue weighted by Gasteiger charge is -2.02. The van der Waals surface area contributed by atoms with E-state index in [0.29, 0.717) is 12.0 Å². The van der Waals surface area contributed by atoms with Crippen molar-refractivity contribution in [2.24, 2.45) is 0 Å². The second-order valence-corrected chi connectivity index (χ2v) is 5.06. The van der Waals surface area contributed by atoms with Crippen LogP contribution in [0, 0.1) is 0 Å². The maximum absolute atomic E-state index is 11.2. The van der Waals surface area contributed by atoms with E-state index in [-0.39, 0.29) is 5.76 Å². The minimum Gasteiger partial charge on any atom is -0.475 e. The van der Waals surface area contributed by atoms with E-state index in [9.17, 15) is 9.90 Å². The third-order valence-electron chi connectivity index (χ3n) is 3.65. The number of aryl methyl sites for hydroxylation is 1. The molecule has 3 nitrogen and oxygen atoms in total. The van der Waals surface area contributed by atoms with Crippen molar-refractivity contribution in [3.63, 3.8) is 0 Å². The predicted octanol–water partition coefficient (Wildman–Crippen LogP) is 4.28. The molecule has 1 aromatic heterocycles. The van der Waals surface area contributed by atoms with E-state index in [4.69, 9.17) is 4.42 Å². The first-order valence-electron chi connectivity index (χ1n) is 7.00. The van der Waals surface area contributed by atoms with Gasteiger partial charge in [-0.2, -0.15) is 0 Å². The quantitative estimate of drug-likeness (QED) is 0.775. The van der Waals surface area contributed by atoms with Gasteiger partial charge in [-0.3, -0.25) is 0 Å². The number of carbonyl (C=O) groups is 1. The second kappa shape index (κ2) is 5.44. The molecule has 0 spiro atoms. The van der Waals surface area contributed by atoms with Crippen molar-refractivity contribution in [2.45, 2.75) is 19.8 Å². The van der Waals surface area contributed by atoms with E-state index in [1.54, 1.807) is 0 Å². The SMILES string of the molecule is CCc1c(C(=O)O)oc2ccc(Cc3ccccc3)cc12. The number of hydrogen-bond donors (Lipinski definition) is 1. The number of fused-ring (bicyclic) bond motifs is 1. The van der Waals surface area contributed by atoms with Crippen LogP contribution in [-0.4, -0.2) is 11.1 Å². The van der Waals surface area contributed by atoms with Crippen molar-refractivity contribution in [1.82, 2.24) is 0 Å². The molecule has 3 aromatic rings. The Hall–Kier alpha value is -2.55. The summed E-state index contributed by atoms with van der Waals surface area (Å²) >= 11 is 0. The Morgan fingerprint density at radius 1 is 1.10 bits per heavy atom. The molecule has 0 saturated carbocycles. The second-order valence-electron chi connectivity index (χ2n) is 5.06. The Morgan fingerprint density at radius 2 is 1.86 bits per heavy atom. The molecule has 0 unspecified atom stereocenters. The minimum atomic E-state index is -1.01. The number of benzene rings is 2.